The molecular weight excluding hydrogens is 172 g/mol. The van der Waals surface area contributed by atoms with Crippen LogP contribution in [0.5, 0.6) is 0 Å². The minimum Gasteiger partial charge on any atom is -0.177 e. The Morgan fingerprint density at radius 3 is 1.70 bits per heavy atom. The van der Waals surface area contributed by atoms with Crippen LogP contribution in [-0.2, 0) is 17.1 Å². The second kappa shape index (κ2) is 3.80. The Hall–Kier alpha value is -0.261. The van der Waals surface area contributed by atoms with Crippen molar-refractivity contribution in [2.24, 2.45) is 0 Å². The number of aryl methyl sites for hydroxylation is 3. The monoisotopic (exact) mass is 182 g/mol. The van der Waals surface area contributed by atoms with Gasteiger partial charge in [0.05, 0.1) is 0 Å². The summed E-state index contributed by atoms with van der Waals surface area (Å²) in [6, 6.07) is 7.47. The molecule has 0 N–H and O–H groups in total. The van der Waals surface area contributed by atoms with Crippen LogP contribution in [0.25, 0.3) is 0 Å². The zero-order chi connectivity index (χ0) is 6.85. The molecule has 0 aliphatic rings. The summed E-state index contributed by atoms with van der Waals surface area (Å²) in [7, 11) is 0. The second-order valence-electron chi connectivity index (χ2n) is 2.52. The van der Waals surface area contributed by atoms with E-state index in [1.54, 1.807) is 0 Å². The molecule has 0 fully saturated rings. The summed E-state index contributed by atoms with van der Waals surface area (Å²) in [5.74, 6) is 0. The third-order valence-electron chi connectivity index (χ3n) is 1.28. The molecule has 10 heavy (non-hydrogen) atoms. The van der Waals surface area contributed by atoms with E-state index in [0.29, 0.717) is 0 Å². The molecule has 0 aliphatic carbocycles. The molecule has 0 unspecified atom stereocenters. The average molecular weight is 183 g/mol. The zero-order valence-electron chi connectivity index (χ0n) is 6.46. The molecular formula is C9H11Cu. The molecule has 0 aliphatic heterocycles. The summed E-state index contributed by atoms with van der Waals surface area (Å²) in [4.78, 5) is 0. The standard InChI is InChI=1S/C9H11.Cu/c1-7-4-8(2)6-9(3)5-7;/h4-5H,1-3H3;/q-1;+1. The predicted octanol–water partition coefficient (Wildman–Crippen LogP) is 2.41. The van der Waals surface area contributed by atoms with Crippen molar-refractivity contribution >= 4 is 0 Å². The molecule has 0 spiro atoms. The number of benzene rings is 1. The first kappa shape index (κ1) is 9.74. The molecule has 0 saturated carbocycles. The summed E-state index contributed by atoms with van der Waals surface area (Å²) in [5.41, 5.74) is 3.78. The molecule has 0 atom stereocenters. The minimum absolute atomic E-state index is 0. The van der Waals surface area contributed by atoms with E-state index in [4.69, 9.17) is 0 Å². The van der Waals surface area contributed by atoms with Crippen molar-refractivity contribution < 1.29 is 17.1 Å². The third-order valence-corrected chi connectivity index (χ3v) is 1.28. The Bertz CT molecular complexity index is 165. The minimum atomic E-state index is 0. The topological polar surface area (TPSA) is 0 Å². The number of rotatable bonds is 0. The molecule has 1 aromatic rings. The van der Waals surface area contributed by atoms with E-state index in [1.807, 2.05) is 0 Å². The first-order valence-electron chi connectivity index (χ1n) is 3.15. The van der Waals surface area contributed by atoms with Gasteiger partial charge in [-0.3, -0.25) is 0 Å². The molecule has 0 nitrogen and oxygen atoms in total. The van der Waals surface area contributed by atoms with Crippen LogP contribution in [-0.4, -0.2) is 0 Å². The maximum atomic E-state index is 3.21. The first-order valence-corrected chi connectivity index (χ1v) is 3.15. The molecule has 58 valence electrons. The van der Waals surface area contributed by atoms with Crippen molar-refractivity contribution in [2.75, 3.05) is 0 Å². The van der Waals surface area contributed by atoms with Gasteiger partial charge in [-0.1, -0.05) is 20.8 Å². The van der Waals surface area contributed by atoms with Crippen LogP contribution in [0, 0.1) is 26.8 Å². The Balaban J connectivity index is 0.000000810. The Labute approximate surface area is 73.1 Å². The molecule has 0 heterocycles. The molecule has 1 rings (SSSR count). The molecule has 0 saturated heterocycles. The van der Waals surface area contributed by atoms with Crippen LogP contribution in [0.4, 0.5) is 0 Å². The van der Waals surface area contributed by atoms with Gasteiger partial charge < -0.3 is 0 Å². The Morgan fingerprint density at radius 1 is 1.00 bits per heavy atom. The molecule has 0 bridgehead atoms. The molecule has 0 amide bonds. The molecule has 1 heteroatoms. The third kappa shape index (κ3) is 2.55. The molecule has 0 aromatic heterocycles. The molecule has 1 aromatic carbocycles. The van der Waals surface area contributed by atoms with Crippen LogP contribution in [0.2, 0.25) is 0 Å². The van der Waals surface area contributed by atoms with Gasteiger partial charge in [0.15, 0.2) is 0 Å². The van der Waals surface area contributed by atoms with Gasteiger partial charge in [-0.2, -0.15) is 34.9 Å². The fourth-order valence-electron chi connectivity index (χ4n) is 1.11. The van der Waals surface area contributed by atoms with E-state index in [1.165, 1.54) is 16.7 Å². The maximum absolute atomic E-state index is 3.21. The smallest absolute Gasteiger partial charge is 0.177 e. The van der Waals surface area contributed by atoms with Crippen LogP contribution >= 0.6 is 0 Å². The SMILES string of the molecule is Cc1[c-]c(C)cc(C)c1.[Cu+]. The van der Waals surface area contributed by atoms with Gasteiger partial charge in [-0.05, 0) is 0 Å². The van der Waals surface area contributed by atoms with Crippen LogP contribution in [0.3, 0.4) is 0 Å². The number of hydrogen-bond acceptors (Lipinski definition) is 0. The van der Waals surface area contributed by atoms with E-state index in [9.17, 15) is 0 Å². The fraction of sp³-hybridized carbons (Fsp3) is 0.333. The van der Waals surface area contributed by atoms with Crippen LogP contribution < -0.4 is 0 Å². The van der Waals surface area contributed by atoms with Crippen molar-refractivity contribution in [1.82, 2.24) is 0 Å². The summed E-state index contributed by atoms with van der Waals surface area (Å²) in [6.07, 6.45) is 0. The van der Waals surface area contributed by atoms with Gasteiger partial charge in [0.1, 0.15) is 0 Å². The Kier molecular flexibility index (Phi) is 3.70. The van der Waals surface area contributed by atoms with Crippen LogP contribution in [0.15, 0.2) is 12.1 Å². The summed E-state index contributed by atoms with van der Waals surface area (Å²) in [5, 5.41) is 0. The quantitative estimate of drug-likeness (QED) is 0.427. The van der Waals surface area contributed by atoms with Gasteiger partial charge in [0.25, 0.3) is 0 Å². The van der Waals surface area contributed by atoms with Crippen molar-refractivity contribution in [3.05, 3.63) is 34.9 Å². The Morgan fingerprint density at radius 2 is 1.40 bits per heavy atom. The summed E-state index contributed by atoms with van der Waals surface area (Å²) >= 11 is 0. The normalized spacial score (nSPS) is 8.70. The van der Waals surface area contributed by atoms with E-state index in [0.717, 1.165) is 0 Å². The zero-order valence-corrected chi connectivity index (χ0v) is 7.40. The first-order chi connectivity index (χ1) is 4.18. The van der Waals surface area contributed by atoms with Crippen LogP contribution in [0.1, 0.15) is 16.7 Å². The second-order valence-corrected chi connectivity index (χ2v) is 2.52. The van der Waals surface area contributed by atoms with Crippen molar-refractivity contribution in [1.29, 1.82) is 0 Å². The fourth-order valence-corrected chi connectivity index (χ4v) is 1.11. The van der Waals surface area contributed by atoms with E-state index >= 15 is 0 Å². The summed E-state index contributed by atoms with van der Waals surface area (Å²) < 4.78 is 0. The predicted molar refractivity (Wildman–Crippen MR) is 39.5 cm³/mol. The van der Waals surface area contributed by atoms with E-state index in [2.05, 4.69) is 39.0 Å². The van der Waals surface area contributed by atoms with Crippen molar-refractivity contribution in [3.8, 4) is 0 Å². The van der Waals surface area contributed by atoms with Gasteiger partial charge in [0.2, 0.25) is 0 Å². The van der Waals surface area contributed by atoms with E-state index in [-0.39, 0.29) is 17.1 Å². The number of hydrogen-bond donors (Lipinski definition) is 0. The van der Waals surface area contributed by atoms with Crippen molar-refractivity contribution in [2.45, 2.75) is 20.8 Å². The average Bonchev–Trinajstić information content (AvgIpc) is 1.59. The van der Waals surface area contributed by atoms with Gasteiger partial charge in [-0.25, -0.2) is 0 Å². The van der Waals surface area contributed by atoms with Crippen molar-refractivity contribution in [3.63, 3.8) is 0 Å². The van der Waals surface area contributed by atoms with Gasteiger partial charge in [-0.15, -0.1) is 0 Å². The maximum Gasteiger partial charge on any atom is 1.00 e. The van der Waals surface area contributed by atoms with E-state index < -0.39 is 0 Å². The van der Waals surface area contributed by atoms with Gasteiger partial charge >= 0.3 is 17.1 Å². The summed E-state index contributed by atoms with van der Waals surface area (Å²) in [6.45, 7) is 6.24. The molecule has 0 radical (unpaired) electrons. The largest absolute Gasteiger partial charge is 1.00 e. The van der Waals surface area contributed by atoms with Gasteiger partial charge in [0, 0.05) is 0 Å².